The summed E-state index contributed by atoms with van der Waals surface area (Å²) >= 11 is 33.5. The highest BCUT2D eigenvalue weighted by Crippen LogP contribution is 2.26. The Labute approximate surface area is 254 Å². The average Bonchev–Trinajstić information content (AvgIpc) is 2.89. The lowest BCUT2D eigenvalue weighted by Crippen LogP contribution is -2.21. The van der Waals surface area contributed by atoms with Crippen LogP contribution in [-0.4, -0.2) is 32.0 Å². The number of urea groups is 1. The van der Waals surface area contributed by atoms with E-state index >= 15 is 0 Å². The molecular weight excluding hydrogens is 659 g/mol. The number of aliphatic imine (C=N–C) groups is 1. The van der Waals surface area contributed by atoms with E-state index in [9.17, 15) is 18.4 Å². The fourth-order valence-electron chi connectivity index (χ4n) is 2.21. The third kappa shape index (κ3) is 11.0. The summed E-state index contributed by atoms with van der Waals surface area (Å²) in [5.41, 5.74) is 5.93. The molecule has 0 saturated carbocycles. The molecule has 0 aliphatic carbocycles. The van der Waals surface area contributed by atoms with E-state index in [0.29, 0.717) is 31.5 Å². The number of halogens is 8. The summed E-state index contributed by atoms with van der Waals surface area (Å²) < 4.78 is 25.0. The second-order valence-electron chi connectivity index (χ2n) is 6.71. The van der Waals surface area contributed by atoms with Crippen LogP contribution in [0, 0.1) is 11.6 Å². The van der Waals surface area contributed by atoms with E-state index in [1.54, 1.807) is 18.2 Å². The van der Waals surface area contributed by atoms with Crippen LogP contribution in [0.3, 0.4) is 0 Å². The number of carbonyl (C=O) groups is 1. The Bertz CT molecular complexity index is 1500. The Morgan fingerprint density at radius 2 is 1.38 bits per heavy atom. The number of nitrogens with zero attached hydrogens (tertiary/aromatic N) is 5. The lowest BCUT2D eigenvalue weighted by Gasteiger charge is -2.07. The molecular formula is C22H12Cl6F2N8O2. The first kappa shape index (κ1) is 32.9. The Hall–Kier alpha value is -3.35. The fraction of sp³-hybridized carbons (Fsp3) is 0. The van der Waals surface area contributed by atoms with Crippen molar-refractivity contribution in [2.75, 3.05) is 16.4 Å². The van der Waals surface area contributed by atoms with Gasteiger partial charge in [-0.2, -0.15) is 15.0 Å². The van der Waals surface area contributed by atoms with Gasteiger partial charge in [-0.3, -0.25) is 5.32 Å². The number of rotatable bonds is 3. The zero-order chi connectivity index (χ0) is 29.8. The second kappa shape index (κ2) is 16.0. The van der Waals surface area contributed by atoms with Crippen molar-refractivity contribution in [1.82, 2.24) is 19.9 Å². The van der Waals surface area contributed by atoms with Gasteiger partial charge in [-0.15, -0.1) is 0 Å². The van der Waals surface area contributed by atoms with E-state index in [2.05, 4.69) is 35.6 Å². The minimum atomic E-state index is -0.776. The summed E-state index contributed by atoms with van der Waals surface area (Å²) in [4.78, 5) is 38.6. The number of nitrogens with one attached hydrogen (secondary N) is 2. The number of hydrogen-bond acceptors (Lipinski definition) is 8. The molecule has 0 aliphatic rings. The Morgan fingerprint density at radius 1 is 0.800 bits per heavy atom. The third-order valence-electron chi connectivity index (χ3n) is 3.90. The minimum absolute atomic E-state index is 0.0265. The number of isocyanates is 1. The standard InChI is InChI=1S/C11H6Cl3FN4O.C7H3Cl2NO.C4H3ClFN3/c12-6-2-1-5(3-7(6)13)17-11(20)19-10-16-4-8(15)9(14)18-10;8-6-2-1-5(10-4-11)3-7(6)9;5-3-2(6)1-8-4(7)9-3/h1-4H,(H2,16,17,18,19,20);1-3H;1H,(H2,7,8,9). The Balaban J connectivity index is 0.000000235. The van der Waals surface area contributed by atoms with E-state index < -0.39 is 17.7 Å². The maximum absolute atomic E-state index is 12.9. The van der Waals surface area contributed by atoms with Crippen molar-refractivity contribution in [3.05, 3.63) is 90.8 Å². The quantitative estimate of drug-likeness (QED) is 0.113. The third-order valence-corrected chi connectivity index (χ3v) is 5.91. The van der Waals surface area contributed by atoms with Crippen LogP contribution in [0.15, 0.2) is 53.8 Å². The number of hydrogen-bond donors (Lipinski definition) is 3. The number of benzene rings is 2. The van der Waals surface area contributed by atoms with E-state index in [0.717, 1.165) is 12.4 Å². The van der Waals surface area contributed by atoms with Crippen molar-refractivity contribution in [1.29, 1.82) is 0 Å². The smallest absolute Gasteiger partial charge is 0.326 e. The predicted octanol–water partition coefficient (Wildman–Crippen LogP) is 8.03. The molecule has 208 valence electrons. The molecule has 4 rings (SSSR count). The van der Waals surface area contributed by atoms with E-state index in [1.807, 2.05) is 0 Å². The van der Waals surface area contributed by atoms with Gasteiger partial charge < -0.3 is 11.1 Å². The summed E-state index contributed by atoms with van der Waals surface area (Å²) in [6, 6.07) is 8.58. The number of nitrogens with two attached hydrogens (primary N) is 1. The first-order valence-electron chi connectivity index (χ1n) is 10.1. The van der Waals surface area contributed by atoms with Crippen LogP contribution in [0.1, 0.15) is 0 Å². The molecule has 0 unspecified atom stereocenters. The van der Waals surface area contributed by atoms with Crippen LogP contribution >= 0.6 is 69.6 Å². The van der Waals surface area contributed by atoms with Gasteiger partial charge >= 0.3 is 6.03 Å². The zero-order valence-corrected chi connectivity index (χ0v) is 23.8. The molecule has 2 aromatic heterocycles. The number of aromatic nitrogens is 4. The van der Waals surface area contributed by atoms with E-state index in [4.69, 9.17) is 75.3 Å². The first-order valence-corrected chi connectivity index (χ1v) is 12.3. The topological polar surface area (TPSA) is 148 Å². The monoisotopic (exact) mass is 668 g/mol. The molecule has 18 heteroatoms. The van der Waals surface area contributed by atoms with Crippen molar-refractivity contribution in [3.8, 4) is 0 Å². The minimum Gasteiger partial charge on any atom is -0.368 e. The van der Waals surface area contributed by atoms with Crippen molar-refractivity contribution < 1.29 is 18.4 Å². The molecule has 2 aromatic carbocycles. The summed E-state index contributed by atoms with van der Waals surface area (Å²) in [6.45, 7) is 0. The number of amides is 2. The average molecular weight is 671 g/mol. The molecule has 0 fully saturated rings. The van der Waals surface area contributed by atoms with Gasteiger partial charge in [0.05, 0.1) is 38.2 Å². The highest BCUT2D eigenvalue weighted by molar-refractivity contribution is 6.42. The van der Waals surface area contributed by atoms with Gasteiger partial charge in [0.15, 0.2) is 21.9 Å². The highest BCUT2D eigenvalue weighted by atomic mass is 35.5. The van der Waals surface area contributed by atoms with E-state index in [-0.39, 0.29) is 22.2 Å². The van der Waals surface area contributed by atoms with Crippen LogP contribution in [-0.2, 0) is 4.79 Å². The number of anilines is 3. The Morgan fingerprint density at radius 3 is 1.90 bits per heavy atom. The van der Waals surface area contributed by atoms with Crippen molar-refractivity contribution in [2.24, 2.45) is 4.99 Å². The van der Waals surface area contributed by atoms with Crippen LogP contribution in [0.25, 0.3) is 0 Å². The number of nitrogen functional groups attached to an aromatic ring is 1. The molecule has 40 heavy (non-hydrogen) atoms. The summed E-state index contributed by atoms with van der Waals surface area (Å²) in [5, 5.41) is 5.63. The Kier molecular flexibility index (Phi) is 13.2. The second-order valence-corrected chi connectivity index (χ2v) is 9.05. The fourth-order valence-corrected chi connectivity index (χ4v) is 3.07. The maximum Gasteiger partial charge on any atom is 0.326 e. The van der Waals surface area contributed by atoms with Gasteiger partial charge in [0.25, 0.3) is 0 Å². The van der Waals surface area contributed by atoms with Gasteiger partial charge in [-0.25, -0.2) is 28.3 Å². The lowest BCUT2D eigenvalue weighted by molar-refractivity contribution is 0.262. The van der Waals surface area contributed by atoms with Gasteiger partial charge in [-0.05, 0) is 36.4 Å². The summed E-state index contributed by atoms with van der Waals surface area (Å²) in [5.74, 6) is -1.59. The highest BCUT2D eigenvalue weighted by Gasteiger charge is 2.09. The molecule has 0 atom stereocenters. The number of carbonyl (C=O) groups excluding carboxylic acids is 2. The molecule has 4 N–H and O–H groups in total. The van der Waals surface area contributed by atoms with Crippen molar-refractivity contribution in [2.45, 2.75) is 0 Å². The molecule has 2 heterocycles. The summed E-state index contributed by atoms with van der Waals surface area (Å²) in [6.07, 6.45) is 3.18. The van der Waals surface area contributed by atoms with Gasteiger partial charge in [0.2, 0.25) is 18.0 Å². The molecule has 4 aromatic rings. The molecule has 0 radical (unpaired) electrons. The molecule has 0 bridgehead atoms. The SMILES string of the molecule is Nc1ncc(F)c(Cl)n1.O=C(Nc1ccc(Cl)c(Cl)c1)Nc1ncc(F)c(Cl)n1.O=C=Nc1ccc(Cl)c(Cl)c1. The van der Waals surface area contributed by atoms with Gasteiger partial charge in [-0.1, -0.05) is 69.6 Å². The van der Waals surface area contributed by atoms with Crippen molar-refractivity contribution in [3.63, 3.8) is 0 Å². The van der Waals surface area contributed by atoms with Crippen LogP contribution in [0.2, 0.25) is 30.4 Å². The maximum atomic E-state index is 12.9. The zero-order valence-electron chi connectivity index (χ0n) is 19.3. The predicted molar refractivity (Wildman–Crippen MR) is 152 cm³/mol. The van der Waals surface area contributed by atoms with E-state index in [1.165, 1.54) is 24.3 Å². The normalized spacial score (nSPS) is 9.70. The molecule has 0 aliphatic heterocycles. The molecule has 10 nitrogen and oxygen atoms in total. The largest absolute Gasteiger partial charge is 0.368 e. The molecule has 0 saturated heterocycles. The van der Waals surface area contributed by atoms with Crippen molar-refractivity contribution >= 4 is 105 Å². The summed E-state index contributed by atoms with van der Waals surface area (Å²) in [7, 11) is 0. The molecule has 0 spiro atoms. The van der Waals surface area contributed by atoms with Gasteiger partial charge in [0, 0.05) is 5.69 Å². The first-order chi connectivity index (χ1) is 18.9. The van der Waals surface area contributed by atoms with Gasteiger partial charge in [0.1, 0.15) is 0 Å². The molecule has 2 amide bonds. The van der Waals surface area contributed by atoms with Crippen LogP contribution in [0.5, 0.6) is 0 Å². The van der Waals surface area contributed by atoms with Crippen LogP contribution < -0.4 is 16.4 Å². The lowest BCUT2D eigenvalue weighted by atomic mass is 10.3. The van der Waals surface area contributed by atoms with Crippen LogP contribution in [0.4, 0.5) is 36.8 Å².